The Labute approximate surface area is 115 Å². The minimum Gasteiger partial charge on any atom is -0.282 e. The molecule has 0 bridgehead atoms. The molecule has 112 valence electrons. The highest BCUT2D eigenvalue weighted by atomic mass is 32.2. The first-order valence-electron chi connectivity index (χ1n) is 5.68. The molecule has 0 unspecified atom stereocenters. The number of aryl methyl sites for hydroxylation is 1. The van der Waals surface area contributed by atoms with Gasteiger partial charge in [0.25, 0.3) is 20.2 Å². The normalized spacial score (nSPS) is 10.7. The Kier molecular flexibility index (Phi) is 8.85. The lowest BCUT2D eigenvalue weighted by Gasteiger charge is -2.03. The van der Waals surface area contributed by atoms with Gasteiger partial charge in [-0.3, -0.25) is 9.11 Å². The Hall–Kier alpha value is -0.960. The van der Waals surface area contributed by atoms with Gasteiger partial charge in [0.1, 0.15) is 0 Å². The summed E-state index contributed by atoms with van der Waals surface area (Å²) < 4.78 is 60.5. The van der Waals surface area contributed by atoms with E-state index in [4.69, 9.17) is 9.11 Å². The Bertz CT molecular complexity index is 588. The lowest BCUT2D eigenvalue weighted by molar-refractivity contribution is 0.480. The number of hydrogen-bond acceptors (Lipinski definition) is 4. The maximum atomic E-state index is 10.8. The SMILES string of the molecule is CC.CC.Cc1ccc(S(=O)(=O)O)cc1S(=O)(=O)O. The molecule has 1 aromatic rings. The van der Waals surface area contributed by atoms with E-state index in [-0.39, 0.29) is 5.56 Å². The fourth-order valence-electron chi connectivity index (χ4n) is 1.02. The van der Waals surface area contributed by atoms with Crippen LogP contribution in [0.4, 0.5) is 0 Å². The minimum atomic E-state index is -4.49. The first kappa shape index (κ1) is 20.4. The van der Waals surface area contributed by atoms with E-state index in [1.54, 1.807) is 0 Å². The summed E-state index contributed by atoms with van der Waals surface area (Å²) in [6.07, 6.45) is 0. The largest absolute Gasteiger partial charge is 0.294 e. The first-order chi connectivity index (χ1) is 8.62. The number of hydrogen-bond donors (Lipinski definition) is 2. The zero-order valence-corrected chi connectivity index (χ0v) is 13.2. The summed E-state index contributed by atoms with van der Waals surface area (Å²) in [5.74, 6) is 0. The van der Waals surface area contributed by atoms with Crippen molar-refractivity contribution in [3.63, 3.8) is 0 Å². The van der Waals surface area contributed by atoms with Gasteiger partial charge in [-0.25, -0.2) is 0 Å². The molecule has 0 radical (unpaired) electrons. The second-order valence-electron chi connectivity index (χ2n) is 2.88. The van der Waals surface area contributed by atoms with E-state index < -0.39 is 30.0 Å². The van der Waals surface area contributed by atoms with Crippen LogP contribution < -0.4 is 0 Å². The van der Waals surface area contributed by atoms with Crippen LogP contribution in [0, 0.1) is 6.92 Å². The Morgan fingerprint density at radius 2 is 1.26 bits per heavy atom. The van der Waals surface area contributed by atoms with Crippen molar-refractivity contribution in [2.75, 3.05) is 0 Å². The summed E-state index contributed by atoms with van der Waals surface area (Å²) in [6, 6.07) is 2.91. The summed E-state index contributed by atoms with van der Waals surface area (Å²) in [4.78, 5) is -1.13. The monoisotopic (exact) mass is 312 g/mol. The molecule has 0 amide bonds. The van der Waals surface area contributed by atoms with Gasteiger partial charge in [0, 0.05) is 0 Å². The molecule has 0 saturated carbocycles. The molecule has 0 aliphatic heterocycles. The van der Waals surface area contributed by atoms with Crippen LogP contribution in [0.25, 0.3) is 0 Å². The van der Waals surface area contributed by atoms with E-state index >= 15 is 0 Å². The predicted molar refractivity (Wildman–Crippen MR) is 73.5 cm³/mol. The summed E-state index contributed by atoms with van der Waals surface area (Å²) in [5, 5.41) is 0. The van der Waals surface area contributed by atoms with Crippen LogP contribution in [-0.4, -0.2) is 25.9 Å². The van der Waals surface area contributed by atoms with Crippen molar-refractivity contribution in [3.8, 4) is 0 Å². The maximum absolute atomic E-state index is 10.8. The van der Waals surface area contributed by atoms with Gasteiger partial charge in [-0.2, -0.15) is 16.8 Å². The molecule has 0 atom stereocenters. The summed E-state index contributed by atoms with van der Waals surface area (Å²) in [7, 11) is -8.97. The van der Waals surface area contributed by atoms with Crippen molar-refractivity contribution in [1.29, 1.82) is 0 Å². The third kappa shape index (κ3) is 6.67. The van der Waals surface area contributed by atoms with Crippen LogP contribution in [0.3, 0.4) is 0 Å². The highest BCUT2D eigenvalue weighted by Gasteiger charge is 2.18. The lowest BCUT2D eigenvalue weighted by Crippen LogP contribution is -2.04. The molecule has 0 aromatic heterocycles. The van der Waals surface area contributed by atoms with Crippen LogP contribution in [0.1, 0.15) is 33.3 Å². The van der Waals surface area contributed by atoms with E-state index in [2.05, 4.69) is 0 Å². The molecule has 0 fully saturated rings. The summed E-state index contributed by atoms with van der Waals surface area (Å²) in [6.45, 7) is 9.39. The molecular weight excluding hydrogens is 292 g/mol. The first-order valence-corrected chi connectivity index (χ1v) is 8.56. The van der Waals surface area contributed by atoms with Gasteiger partial charge in [0.2, 0.25) is 0 Å². The van der Waals surface area contributed by atoms with E-state index in [9.17, 15) is 16.8 Å². The predicted octanol–water partition coefficient (Wildman–Crippen LogP) is 2.54. The topological polar surface area (TPSA) is 109 Å². The smallest absolute Gasteiger partial charge is 0.282 e. The molecule has 1 rings (SSSR count). The second-order valence-corrected chi connectivity index (χ2v) is 5.69. The van der Waals surface area contributed by atoms with E-state index in [1.165, 1.54) is 13.0 Å². The van der Waals surface area contributed by atoms with E-state index in [0.29, 0.717) is 6.07 Å². The highest BCUT2D eigenvalue weighted by molar-refractivity contribution is 7.86. The average Bonchev–Trinajstić information content (AvgIpc) is 2.32. The fourth-order valence-corrected chi connectivity index (χ4v) is 2.35. The van der Waals surface area contributed by atoms with Gasteiger partial charge in [-0.1, -0.05) is 33.8 Å². The van der Waals surface area contributed by atoms with Gasteiger partial charge in [-0.05, 0) is 24.6 Å². The van der Waals surface area contributed by atoms with Crippen LogP contribution in [0.15, 0.2) is 28.0 Å². The van der Waals surface area contributed by atoms with Crippen LogP contribution >= 0.6 is 0 Å². The Morgan fingerprint density at radius 3 is 1.58 bits per heavy atom. The van der Waals surface area contributed by atoms with Gasteiger partial charge in [-0.15, -0.1) is 0 Å². The van der Waals surface area contributed by atoms with Crippen LogP contribution in [0.5, 0.6) is 0 Å². The molecule has 6 nitrogen and oxygen atoms in total. The van der Waals surface area contributed by atoms with Crippen molar-refractivity contribution in [3.05, 3.63) is 23.8 Å². The van der Waals surface area contributed by atoms with Crippen molar-refractivity contribution in [1.82, 2.24) is 0 Å². The average molecular weight is 312 g/mol. The van der Waals surface area contributed by atoms with Crippen molar-refractivity contribution in [2.24, 2.45) is 0 Å². The molecular formula is C11H20O6S2. The zero-order valence-electron chi connectivity index (χ0n) is 11.6. The highest BCUT2D eigenvalue weighted by Crippen LogP contribution is 2.19. The molecule has 19 heavy (non-hydrogen) atoms. The molecule has 0 spiro atoms. The zero-order chi connectivity index (χ0) is 15.9. The van der Waals surface area contributed by atoms with Gasteiger partial charge >= 0.3 is 0 Å². The summed E-state index contributed by atoms with van der Waals surface area (Å²) >= 11 is 0. The lowest BCUT2D eigenvalue weighted by atomic mass is 10.2. The van der Waals surface area contributed by atoms with Crippen molar-refractivity contribution < 1.29 is 25.9 Å². The van der Waals surface area contributed by atoms with Gasteiger partial charge in [0.05, 0.1) is 9.79 Å². The van der Waals surface area contributed by atoms with Crippen molar-refractivity contribution >= 4 is 20.2 Å². The molecule has 2 N–H and O–H groups in total. The molecule has 0 aliphatic rings. The molecule has 8 heteroatoms. The second kappa shape index (κ2) is 8.26. The van der Waals surface area contributed by atoms with Gasteiger partial charge in [0.15, 0.2) is 0 Å². The van der Waals surface area contributed by atoms with E-state index in [0.717, 1.165) is 6.07 Å². The quantitative estimate of drug-likeness (QED) is 0.812. The van der Waals surface area contributed by atoms with Crippen LogP contribution in [-0.2, 0) is 20.2 Å². The fraction of sp³-hybridized carbons (Fsp3) is 0.455. The van der Waals surface area contributed by atoms with Crippen molar-refractivity contribution in [2.45, 2.75) is 44.4 Å². The van der Waals surface area contributed by atoms with Gasteiger partial charge < -0.3 is 0 Å². The van der Waals surface area contributed by atoms with Crippen LogP contribution in [0.2, 0.25) is 0 Å². The molecule has 1 aromatic carbocycles. The molecule has 0 aliphatic carbocycles. The maximum Gasteiger partial charge on any atom is 0.294 e. The third-order valence-electron chi connectivity index (χ3n) is 1.74. The number of rotatable bonds is 2. The Morgan fingerprint density at radius 1 is 0.842 bits per heavy atom. The van der Waals surface area contributed by atoms with E-state index in [1.807, 2.05) is 27.7 Å². The third-order valence-corrected chi connectivity index (χ3v) is 3.58. The molecule has 0 saturated heterocycles. The Balaban J connectivity index is 0. The summed E-state index contributed by atoms with van der Waals surface area (Å²) in [5.41, 5.74) is 0.185. The molecule has 0 heterocycles. The minimum absolute atomic E-state index is 0.185. The standard InChI is InChI=1S/C7H8O6S2.2C2H6/c1-5-2-3-6(14(8,9)10)4-7(5)15(11,12)13;2*1-2/h2-4H,1H3,(H,8,9,10)(H,11,12,13);2*1-2H3. The number of benzene rings is 1.